The van der Waals surface area contributed by atoms with E-state index in [0.29, 0.717) is 5.56 Å². The number of Topliss-reactive ketones (excluding diaryl/α,β-unsaturated/α-hetero) is 1. The first kappa shape index (κ1) is 24.9. The summed E-state index contributed by atoms with van der Waals surface area (Å²) < 4.78 is 20.0. The molecule has 0 aliphatic rings. The number of anilines is 1. The number of esters is 2. The maximum atomic E-state index is 13.0. The summed E-state index contributed by atoms with van der Waals surface area (Å²) in [6.07, 6.45) is 0. The van der Waals surface area contributed by atoms with Gasteiger partial charge in [0, 0.05) is 12.6 Å². The van der Waals surface area contributed by atoms with E-state index >= 15 is 0 Å². The van der Waals surface area contributed by atoms with Crippen molar-refractivity contribution >= 4 is 29.3 Å². The van der Waals surface area contributed by atoms with Crippen molar-refractivity contribution in [3.8, 4) is 17.6 Å². The van der Waals surface area contributed by atoms with Gasteiger partial charge in [0.05, 0.1) is 37.1 Å². The second-order valence-corrected chi connectivity index (χ2v) is 6.63. The quantitative estimate of drug-likeness (QED) is 0.413. The van der Waals surface area contributed by atoms with Gasteiger partial charge in [-0.2, -0.15) is 5.26 Å². The number of hydrogen-bond acceptors (Lipinski definition) is 9. The summed E-state index contributed by atoms with van der Waals surface area (Å²) in [5.74, 6) is -2.45. The van der Waals surface area contributed by atoms with E-state index in [9.17, 15) is 19.2 Å². The van der Waals surface area contributed by atoms with Gasteiger partial charge in [-0.3, -0.25) is 9.59 Å². The first-order chi connectivity index (χ1) is 15.7. The van der Waals surface area contributed by atoms with Crippen molar-refractivity contribution in [2.75, 3.05) is 39.4 Å². The smallest absolute Gasteiger partial charge is 0.343 e. The Bertz CT molecular complexity index is 1100. The number of nitrogens with zero attached hydrogens (tertiary/aromatic N) is 2. The maximum Gasteiger partial charge on any atom is 0.343 e. The fourth-order valence-electron chi connectivity index (χ4n) is 2.81. The largest absolute Gasteiger partial charge is 0.478 e. The van der Waals surface area contributed by atoms with Crippen LogP contribution in [0.1, 0.15) is 33.2 Å². The van der Waals surface area contributed by atoms with E-state index in [4.69, 9.17) is 14.7 Å². The van der Waals surface area contributed by atoms with Gasteiger partial charge < -0.3 is 23.8 Å². The molecule has 172 valence electrons. The van der Waals surface area contributed by atoms with Crippen LogP contribution in [0.25, 0.3) is 0 Å². The highest BCUT2D eigenvalue weighted by atomic mass is 16.6. The van der Waals surface area contributed by atoms with Gasteiger partial charge in [-0.15, -0.1) is 0 Å². The van der Waals surface area contributed by atoms with E-state index in [1.54, 1.807) is 0 Å². The van der Waals surface area contributed by atoms with Crippen molar-refractivity contribution < 1.29 is 38.1 Å². The number of benzene rings is 2. The molecule has 2 rings (SSSR count). The molecule has 2 aromatic carbocycles. The molecule has 0 saturated heterocycles. The number of methoxy groups -OCH3 is 2. The van der Waals surface area contributed by atoms with E-state index in [-0.39, 0.29) is 28.3 Å². The molecule has 0 bridgehead atoms. The Hall–Kier alpha value is -4.39. The van der Waals surface area contributed by atoms with Crippen molar-refractivity contribution in [2.45, 2.75) is 6.92 Å². The molecule has 10 nitrogen and oxygen atoms in total. The summed E-state index contributed by atoms with van der Waals surface area (Å²) in [4.78, 5) is 49.9. The Balaban J connectivity index is 2.52. The van der Waals surface area contributed by atoms with Gasteiger partial charge >= 0.3 is 11.9 Å². The van der Waals surface area contributed by atoms with Crippen molar-refractivity contribution in [3.63, 3.8) is 0 Å². The molecule has 0 heterocycles. The molecule has 10 heteroatoms. The number of ether oxygens (including phenoxy) is 4. The minimum Gasteiger partial charge on any atom is -0.478 e. The number of amides is 1. The molecule has 0 atom stereocenters. The molecule has 0 aliphatic heterocycles. The van der Waals surface area contributed by atoms with Crippen LogP contribution in [-0.4, -0.2) is 58.1 Å². The molecule has 0 radical (unpaired) electrons. The van der Waals surface area contributed by atoms with E-state index in [2.05, 4.69) is 9.47 Å². The normalized spacial score (nSPS) is 9.91. The van der Waals surface area contributed by atoms with Crippen molar-refractivity contribution in [1.29, 1.82) is 5.26 Å². The Labute approximate surface area is 190 Å². The number of ketones is 1. The third-order valence-electron chi connectivity index (χ3n) is 4.51. The minimum absolute atomic E-state index is 0.00234. The number of carbonyl (C=O) groups is 4. The standard InChI is InChI=1S/C23H22N2O8/c1-14(26)21-17(25(2)23(29)16-7-5-15(11-24)6-8-16)9-10-18(32-12-19(27)30-3)22(21)33-13-20(28)31-4/h5-10H,12-13H2,1-4H3. The number of carbonyl (C=O) groups excluding carboxylic acids is 4. The summed E-state index contributed by atoms with van der Waals surface area (Å²) in [7, 11) is 3.82. The molecule has 0 aliphatic carbocycles. The fourth-order valence-corrected chi connectivity index (χ4v) is 2.81. The highest BCUT2D eigenvalue weighted by Crippen LogP contribution is 2.38. The zero-order valence-corrected chi connectivity index (χ0v) is 18.5. The van der Waals surface area contributed by atoms with Gasteiger partial charge in [-0.05, 0) is 43.3 Å². The molecular formula is C23H22N2O8. The van der Waals surface area contributed by atoms with Gasteiger partial charge in [-0.1, -0.05) is 0 Å². The number of rotatable bonds is 9. The molecule has 1 amide bonds. The number of nitriles is 1. The van der Waals surface area contributed by atoms with Crippen LogP contribution < -0.4 is 14.4 Å². The summed E-state index contributed by atoms with van der Waals surface area (Å²) in [6, 6.07) is 10.8. The van der Waals surface area contributed by atoms with Gasteiger partial charge in [0.1, 0.15) is 0 Å². The lowest BCUT2D eigenvalue weighted by atomic mass is 10.0. The van der Waals surface area contributed by atoms with Gasteiger partial charge in [0.25, 0.3) is 5.91 Å². The average Bonchev–Trinajstić information content (AvgIpc) is 2.84. The lowest BCUT2D eigenvalue weighted by Crippen LogP contribution is -2.28. The summed E-state index contributed by atoms with van der Waals surface area (Å²) >= 11 is 0. The molecule has 0 saturated carbocycles. The van der Waals surface area contributed by atoms with Gasteiger partial charge in [-0.25, -0.2) is 9.59 Å². The van der Waals surface area contributed by atoms with Crippen molar-refractivity contribution in [1.82, 2.24) is 0 Å². The molecule has 33 heavy (non-hydrogen) atoms. The molecule has 0 spiro atoms. The third kappa shape index (κ3) is 6.07. The molecule has 0 N–H and O–H groups in total. The van der Waals surface area contributed by atoms with Crippen LogP contribution in [0.4, 0.5) is 5.69 Å². The second-order valence-electron chi connectivity index (χ2n) is 6.63. The Morgan fingerprint density at radius 2 is 1.48 bits per heavy atom. The van der Waals surface area contributed by atoms with Gasteiger partial charge in [0.15, 0.2) is 30.5 Å². The Morgan fingerprint density at radius 3 is 2.00 bits per heavy atom. The third-order valence-corrected chi connectivity index (χ3v) is 4.51. The monoisotopic (exact) mass is 454 g/mol. The Kier molecular flexibility index (Phi) is 8.51. The van der Waals surface area contributed by atoms with E-state index < -0.39 is 36.8 Å². The predicted molar refractivity (Wildman–Crippen MR) is 115 cm³/mol. The van der Waals surface area contributed by atoms with Gasteiger partial charge in [0.2, 0.25) is 0 Å². The molecule has 0 fully saturated rings. The number of hydrogen-bond donors (Lipinski definition) is 0. The van der Waals surface area contributed by atoms with E-state index in [1.165, 1.54) is 69.5 Å². The molecular weight excluding hydrogens is 432 g/mol. The zero-order valence-electron chi connectivity index (χ0n) is 18.5. The molecule has 2 aromatic rings. The average molecular weight is 454 g/mol. The summed E-state index contributed by atoms with van der Waals surface area (Å²) in [5.41, 5.74) is 0.825. The lowest BCUT2D eigenvalue weighted by molar-refractivity contribution is -0.144. The highest BCUT2D eigenvalue weighted by molar-refractivity contribution is 6.11. The van der Waals surface area contributed by atoms with E-state index in [1.807, 2.05) is 6.07 Å². The van der Waals surface area contributed by atoms with Crippen LogP contribution in [0.5, 0.6) is 11.5 Å². The van der Waals surface area contributed by atoms with Crippen LogP contribution >= 0.6 is 0 Å². The molecule has 0 unspecified atom stereocenters. The van der Waals surface area contributed by atoms with Crippen LogP contribution in [-0.2, 0) is 19.1 Å². The maximum absolute atomic E-state index is 13.0. The fraction of sp³-hybridized carbons (Fsp3) is 0.261. The SMILES string of the molecule is COC(=O)COc1ccc(N(C)C(=O)c2ccc(C#N)cc2)c(C(C)=O)c1OCC(=O)OC. The van der Waals surface area contributed by atoms with Crippen LogP contribution in [0.15, 0.2) is 36.4 Å². The summed E-state index contributed by atoms with van der Waals surface area (Å²) in [5, 5.41) is 8.94. The van der Waals surface area contributed by atoms with Crippen molar-refractivity contribution in [2.24, 2.45) is 0 Å². The first-order valence-electron chi connectivity index (χ1n) is 9.58. The Morgan fingerprint density at radius 1 is 0.909 bits per heavy atom. The minimum atomic E-state index is -0.712. The van der Waals surface area contributed by atoms with Crippen LogP contribution in [0.2, 0.25) is 0 Å². The predicted octanol–water partition coefficient (Wildman–Crippen LogP) is 2.14. The summed E-state index contributed by atoms with van der Waals surface area (Å²) in [6.45, 7) is 0.248. The highest BCUT2D eigenvalue weighted by Gasteiger charge is 2.26. The topological polar surface area (TPSA) is 132 Å². The van der Waals surface area contributed by atoms with Crippen LogP contribution in [0.3, 0.4) is 0 Å². The molecule has 0 aromatic heterocycles. The van der Waals surface area contributed by atoms with Crippen LogP contribution in [0, 0.1) is 11.3 Å². The zero-order chi connectivity index (χ0) is 24.5. The van der Waals surface area contributed by atoms with E-state index in [0.717, 1.165) is 0 Å². The van der Waals surface area contributed by atoms with Crippen molar-refractivity contribution in [3.05, 3.63) is 53.1 Å². The first-order valence-corrected chi connectivity index (χ1v) is 9.58. The second kappa shape index (κ2) is 11.3. The lowest BCUT2D eigenvalue weighted by Gasteiger charge is -2.23.